The summed E-state index contributed by atoms with van der Waals surface area (Å²) in [5.41, 5.74) is 6.18. The number of aromatic nitrogens is 1. The van der Waals surface area contributed by atoms with Gasteiger partial charge < -0.3 is 10.5 Å². The van der Waals surface area contributed by atoms with Crippen LogP contribution in [0.2, 0.25) is 0 Å². The Morgan fingerprint density at radius 1 is 1.47 bits per heavy atom. The molecule has 0 saturated carbocycles. The lowest BCUT2D eigenvalue weighted by atomic mass is 10.1. The molecule has 1 aromatic rings. The number of ether oxygens (including phenoxy) is 1. The van der Waals surface area contributed by atoms with Crippen molar-refractivity contribution in [3.63, 3.8) is 0 Å². The Kier molecular flexibility index (Phi) is 3.52. The number of rotatable bonds is 3. The van der Waals surface area contributed by atoms with Gasteiger partial charge >= 0.3 is 6.18 Å². The SMILES string of the molecule is C[C@H](N)c1cncc(OCC(F)(F)F)c1. The number of nitrogens with zero attached hydrogens (tertiary/aromatic N) is 1. The van der Waals surface area contributed by atoms with Gasteiger partial charge in [-0.3, -0.25) is 4.98 Å². The molecule has 0 aliphatic heterocycles. The van der Waals surface area contributed by atoms with Crippen molar-refractivity contribution in [3.05, 3.63) is 24.0 Å². The van der Waals surface area contributed by atoms with Crippen molar-refractivity contribution in [2.24, 2.45) is 5.73 Å². The number of halogens is 3. The Bertz CT molecular complexity index is 325. The Balaban J connectivity index is 2.66. The van der Waals surface area contributed by atoms with Crippen LogP contribution in [0, 0.1) is 0 Å². The molecule has 0 radical (unpaired) electrons. The third-order valence-corrected chi connectivity index (χ3v) is 1.66. The summed E-state index contributed by atoms with van der Waals surface area (Å²) in [6.07, 6.45) is -1.63. The van der Waals surface area contributed by atoms with Gasteiger partial charge in [0.2, 0.25) is 0 Å². The minimum atomic E-state index is -4.34. The van der Waals surface area contributed by atoms with Crippen LogP contribution in [-0.4, -0.2) is 17.8 Å². The zero-order chi connectivity index (χ0) is 11.5. The summed E-state index contributed by atoms with van der Waals surface area (Å²) in [6, 6.07) is 1.16. The molecule has 1 atom stereocenters. The van der Waals surface area contributed by atoms with Crippen LogP contribution in [0.5, 0.6) is 5.75 Å². The van der Waals surface area contributed by atoms with E-state index in [2.05, 4.69) is 9.72 Å². The molecule has 6 heteroatoms. The number of hydrogen-bond donors (Lipinski definition) is 1. The zero-order valence-electron chi connectivity index (χ0n) is 8.08. The van der Waals surface area contributed by atoms with E-state index in [0.717, 1.165) is 0 Å². The van der Waals surface area contributed by atoms with E-state index in [-0.39, 0.29) is 11.8 Å². The molecule has 0 fully saturated rings. The highest BCUT2D eigenvalue weighted by atomic mass is 19.4. The fourth-order valence-electron chi connectivity index (χ4n) is 0.929. The van der Waals surface area contributed by atoms with Crippen LogP contribution < -0.4 is 10.5 Å². The molecule has 84 valence electrons. The fourth-order valence-corrected chi connectivity index (χ4v) is 0.929. The van der Waals surface area contributed by atoms with E-state index in [1.54, 1.807) is 6.92 Å². The minimum Gasteiger partial charge on any atom is -0.482 e. The highest BCUT2D eigenvalue weighted by molar-refractivity contribution is 5.25. The van der Waals surface area contributed by atoms with Crippen molar-refractivity contribution in [2.45, 2.75) is 19.1 Å². The lowest BCUT2D eigenvalue weighted by Gasteiger charge is -2.10. The molecule has 0 amide bonds. The normalized spacial score (nSPS) is 13.7. The summed E-state index contributed by atoms with van der Waals surface area (Å²) in [7, 11) is 0. The lowest BCUT2D eigenvalue weighted by Crippen LogP contribution is -2.19. The van der Waals surface area contributed by atoms with Gasteiger partial charge in [0.15, 0.2) is 6.61 Å². The molecule has 1 aromatic heterocycles. The number of pyridine rings is 1. The summed E-state index contributed by atoms with van der Waals surface area (Å²) >= 11 is 0. The maximum absolute atomic E-state index is 11.8. The molecule has 2 N–H and O–H groups in total. The van der Waals surface area contributed by atoms with Gasteiger partial charge in [-0.1, -0.05) is 0 Å². The van der Waals surface area contributed by atoms with E-state index < -0.39 is 12.8 Å². The van der Waals surface area contributed by atoms with Crippen LogP contribution in [0.3, 0.4) is 0 Å². The third kappa shape index (κ3) is 4.16. The first-order valence-electron chi connectivity index (χ1n) is 4.28. The van der Waals surface area contributed by atoms with Gasteiger partial charge in [0, 0.05) is 12.2 Å². The monoisotopic (exact) mass is 220 g/mol. The van der Waals surface area contributed by atoms with Gasteiger partial charge in [0.1, 0.15) is 5.75 Å². The number of nitrogens with two attached hydrogens (primary N) is 1. The van der Waals surface area contributed by atoms with Crippen LogP contribution >= 0.6 is 0 Å². The molecule has 0 spiro atoms. The average Bonchev–Trinajstić information content (AvgIpc) is 2.14. The van der Waals surface area contributed by atoms with E-state index in [0.29, 0.717) is 5.56 Å². The topological polar surface area (TPSA) is 48.1 Å². The van der Waals surface area contributed by atoms with Gasteiger partial charge in [-0.2, -0.15) is 13.2 Å². The van der Waals surface area contributed by atoms with Crippen molar-refractivity contribution in [1.29, 1.82) is 0 Å². The van der Waals surface area contributed by atoms with E-state index >= 15 is 0 Å². The van der Waals surface area contributed by atoms with Crippen molar-refractivity contribution in [2.75, 3.05) is 6.61 Å². The molecule has 15 heavy (non-hydrogen) atoms. The van der Waals surface area contributed by atoms with Gasteiger partial charge in [-0.05, 0) is 18.6 Å². The summed E-state index contributed by atoms with van der Waals surface area (Å²) in [4.78, 5) is 3.73. The highest BCUT2D eigenvalue weighted by Gasteiger charge is 2.28. The van der Waals surface area contributed by atoms with E-state index in [1.165, 1.54) is 18.5 Å². The molecule has 0 aliphatic rings. The Hall–Kier alpha value is -1.30. The maximum atomic E-state index is 11.8. The average molecular weight is 220 g/mol. The molecular weight excluding hydrogens is 209 g/mol. The second-order valence-electron chi connectivity index (χ2n) is 3.15. The smallest absolute Gasteiger partial charge is 0.422 e. The summed E-state index contributed by atoms with van der Waals surface area (Å²) in [5, 5.41) is 0. The highest BCUT2D eigenvalue weighted by Crippen LogP contribution is 2.20. The molecule has 0 unspecified atom stereocenters. The van der Waals surface area contributed by atoms with Crippen LogP contribution in [-0.2, 0) is 0 Å². The summed E-state index contributed by atoms with van der Waals surface area (Å²) in [6.45, 7) is 0.391. The fraction of sp³-hybridized carbons (Fsp3) is 0.444. The molecule has 3 nitrogen and oxygen atoms in total. The number of alkyl halides is 3. The second-order valence-corrected chi connectivity index (χ2v) is 3.15. The number of hydrogen-bond acceptors (Lipinski definition) is 3. The maximum Gasteiger partial charge on any atom is 0.422 e. The molecule has 0 aromatic carbocycles. The van der Waals surface area contributed by atoms with Crippen molar-refractivity contribution < 1.29 is 17.9 Å². The van der Waals surface area contributed by atoms with Crippen molar-refractivity contribution in [3.8, 4) is 5.75 Å². The minimum absolute atomic E-state index is 0.0714. The first-order chi connectivity index (χ1) is 6.88. The van der Waals surface area contributed by atoms with Crippen molar-refractivity contribution in [1.82, 2.24) is 4.98 Å². The first kappa shape index (κ1) is 11.8. The molecule has 0 aliphatic carbocycles. The Morgan fingerprint density at radius 3 is 2.67 bits per heavy atom. The lowest BCUT2D eigenvalue weighted by molar-refractivity contribution is -0.153. The summed E-state index contributed by atoms with van der Waals surface area (Å²) in [5.74, 6) is 0.0714. The standard InChI is InChI=1S/C9H11F3N2O/c1-6(13)7-2-8(4-14-3-7)15-5-9(10,11)12/h2-4,6H,5,13H2,1H3/t6-/m0/s1. The molecular formula is C9H11F3N2O. The van der Waals surface area contributed by atoms with Gasteiger partial charge in [0.25, 0.3) is 0 Å². The van der Waals surface area contributed by atoms with Gasteiger partial charge in [-0.25, -0.2) is 0 Å². The molecule has 0 bridgehead atoms. The van der Waals surface area contributed by atoms with Crippen molar-refractivity contribution >= 4 is 0 Å². The molecule has 1 heterocycles. The predicted octanol–water partition coefficient (Wildman–Crippen LogP) is 2.04. The van der Waals surface area contributed by atoms with Gasteiger partial charge in [0.05, 0.1) is 6.20 Å². The predicted molar refractivity (Wildman–Crippen MR) is 48.4 cm³/mol. The first-order valence-corrected chi connectivity index (χ1v) is 4.28. The van der Waals surface area contributed by atoms with Gasteiger partial charge in [-0.15, -0.1) is 0 Å². The second kappa shape index (κ2) is 4.48. The third-order valence-electron chi connectivity index (χ3n) is 1.66. The largest absolute Gasteiger partial charge is 0.482 e. The molecule has 1 rings (SSSR count). The van der Waals surface area contributed by atoms with Crippen LogP contribution in [0.1, 0.15) is 18.5 Å². The van der Waals surface area contributed by atoms with E-state index in [4.69, 9.17) is 5.73 Å². The summed E-state index contributed by atoms with van der Waals surface area (Å²) < 4.78 is 40.0. The van der Waals surface area contributed by atoms with Crippen LogP contribution in [0.25, 0.3) is 0 Å². The van der Waals surface area contributed by atoms with E-state index in [1.807, 2.05) is 0 Å². The zero-order valence-corrected chi connectivity index (χ0v) is 8.08. The Morgan fingerprint density at radius 2 is 2.13 bits per heavy atom. The molecule has 0 saturated heterocycles. The van der Waals surface area contributed by atoms with Crippen LogP contribution in [0.4, 0.5) is 13.2 Å². The quantitative estimate of drug-likeness (QED) is 0.847. The van der Waals surface area contributed by atoms with E-state index in [9.17, 15) is 13.2 Å². The van der Waals surface area contributed by atoms with Crippen LogP contribution in [0.15, 0.2) is 18.5 Å². The Labute approximate surface area is 85.1 Å².